The smallest absolute Gasteiger partial charge is 0.222 e. The summed E-state index contributed by atoms with van der Waals surface area (Å²) < 4.78 is 5.30. The maximum absolute atomic E-state index is 12.1. The number of aryl methyl sites for hydroxylation is 1. The number of ether oxygens (including phenoxy) is 1. The number of carbonyl (C=O) groups excluding carboxylic acids is 1. The maximum atomic E-state index is 12.1. The van der Waals surface area contributed by atoms with Crippen molar-refractivity contribution in [2.24, 2.45) is 0 Å². The predicted octanol–water partition coefficient (Wildman–Crippen LogP) is 3.35. The summed E-state index contributed by atoms with van der Waals surface area (Å²) >= 11 is 1.68. The average molecular weight is 289 g/mol. The average Bonchev–Trinajstić information content (AvgIpc) is 2.97. The monoisotopic (exact) mass is 289 g/mol. The Bertz CT molecular complexity index is 551. The van der Waals surface area contributed by atoms with Gasteiger partial charge in [0.1, 0.15) is 5.75 Å². The van der Waals surface area contributed by atoms with Gasteiger partial charge in [-0.2, -0.15) is 0 Å². The molecule has 0 saturated heterocycles. The lowest BCUT2D eigenvalue weighted by Gasteiger charge is -2.16. The summed E-state index contributed by atoms with van der Waals surface area (Å²) in [5.74, 6) is 1.01. The van der Waals surface area contributed by atoms with E-state index in [1.54, 1.807) is 23.3 Å². The van der Waals surface area contributed by atoms with Crippen LogP contribution in [0.25, 0.3) is 0 Å². The van der Waals surface area contributed by atoms with E-state index in [-0.39, 0.29) is 5.91 Å². The van der Waals surface area contributed by atoms with E-state index in [0.29, 0.717) is 19.4 Å². The van der Waals surface area contributed by atoms with Crippen molar-refractivity contribution in [3.8, 4) is 5.75 Å². The van der Waals surface area contributed by atoms with Gasteiger partial charge < -0.3 is 9.64 Å². The first kappa shape index (κ1) is 14.6. The molecule has 0 fully saturated rings. The molecule has 0 aliphatic heterocycles. The van der Waals surface area contributed by atoms with Gasteiger partial charge in [0.15, 0.2) is 0 Å². The van der Waals surface area contributed by atoms with Crippen molar-refractivity contribution in [2.45, 2.75) is 19.4 Å². The molecule has 0 bridgehead atoms. The number of carbonyl (C=O) groups is 1. The first-order chi connectivity index (χ1) is 9.70. The number of para-hydroxylation sites is 1. The summed E-state index contributed by atoms with van der Waals surface area (Å²) in [7, 11) is 3.51. The molecule has 0 spiro atoms. The highest BCUT2D eigenvalue weighted by Gasteiger charge is 2.11. The summed E-state index contributed by atoms with van der Waals surface area (Å²) in [6, 6.07) is 11.9. The van der Waals surface area contributed by atoms with Gasteiger partial charge in [-0.3, -0.25) is 4.79 Å². The molecular formula is C16H19NO2S. The van der Waals surface area contributed by atoms with Gasteiger partial charge in [0.05, 0.1) is 13.7 Å². The van der Waals surface area contributed by atoms with E-state index in [4.69, 9.17) is 4.74 Å². The third-order valence-electron chi connectivity index (χ3n) is 3.20. The highest BCUT2D eigenvalue weighted by Crippen LogP contribution is 2.19. The minimum Gasteiger partial charge on any atom is -0.496 e. The first-order valence-corrected chi connectivity index (χ1v) is 7.47. The summed E-state index contributed by atoms with van der Waals surface area (Å²) in [6.45, 7) is 0.683. The molecule has 0 aliphatic rings. The Morgan fingerprint density at radius 2 is 2.05 bits per heavy atom. The Kier molecular flexibility index (Phi) is 5.18. The molecule has 2 rings (SSSR count). The molecule has 0 aliphatic carbocycles. The Balaban J connectivity index is 1.88. The molecular weight excluding hydrogens is 270 g/mol. The van der Waals surface area contributed by atoms with Crippen molar-refractivity contribution in [3.05, 3.63) is 52.2 Å². The van der Waals surface area contributed by atoms with Crippen LogP contribution in [0.3, 0.4) is 0 Å². The van der Waals surface area contributed by atoms with Crippen molar-refractivity contribution in [1.29, 1.82) is 0 Å². The van der Waals surface area contributed by atoms with Crippen LogP contribution in [-0.2, 0) is 17.8 Å². The summed E-state index contributed by atoms with van der Waals surface area (Å²) in [6.07, 6.45) is 1.21. The van der Waals surface area contributed by atoms with Crippen LogP contribution in [0.5, 0.6) is 5.75 Å². The molecule has 1 heterocycles. The lowest BCUT2D eigenvalue weighted by molar-refractivity contribution is -0.130. The normalized spacial score (nSPS) is 10.3. The Labute approximate surface area is 123 Å². The van der Waals surface area contributed by atoms with Gasteiger partial charge in [0, 0.05) is 18.3 Å². The number of nitrogens with zero attached hydrogens (tertiary/aromatic N) is 1. The second kappa shape index (κ2) is 7.10. The Morgan fingerprint density at radius 3 is 2.75 bits per heavy atom. The first-order valence-electron chi connectivity index (χ1n) is 6.59. The molecule has 1 aromatic carbocycles. The zero-order valence-corrected chi connectivity index (χ0v) is 12.7. The lowest BCUT2D eigenvalue weighted by atomic mass is 10.1. The van der Waals surface area contributed by atoms with Gasteiger partial charge >= 0.3 is 0 Å². The van der Waals surface area contributed by atoms with Crippen LogP contribution < -0.4 is 4.74 Å². The van der Waals surface area contributed by atoms with Gasteiger partial charge in [0.2, 0.25) is 5.91 Å². The van der Waals surface area contributed by atoms with Gasteiger partial charge in [-0.25, -0.2) is 0 Å². The number of benzene rings is 1. The number of hydrogen-bond acceptors (Lipinski definition) is 3. The van der Waals surface area contributed by atoms with Gasteiger partial charge in [0.25, 0.3) is 0 Å². The largest absolute Gasteiger partial charge is 0.496 e. The van der Waals surface area contributed by atoms with Gasteiger partial charge in [-0.05, 0) is 29.5 Å². The standard InChI is InChI=1S/C16H19NO2S/c1-17(12-14-7-5-11-20-14)16(18)10-9-13-6-3-4-8-15(13)19-2/h3-8,11H,9-10,12H2,1-2H3. The highest BCUT2D eigenvalue weighted by atomic mass is 32.1. The third-order valence-corrected chi connectivity index (χ3v) is 4.06. The van der Waals surface area contributed by atoms with E-state index in [0.717, 1.165) is 11.3 Å². The van der Waals surface area contributed by atoms with E-state index in [2.05, 4.69) is 6.07 Å². The van der Waals surface area contributed by atoms with Crippen LogP contribution in [0.1, 0.15) is 16.9 Å². The van der Waals surface area contributed by atoms with Crippen LogP contribution in [0.4, 0.5) is 0 Å². The molecule has 2 aromatic rings. The van der Waals surface area contributed by atoms with E-state index < -0.39 is 0 Å². The van der Waals surface area contributed by atoms with Crippen LogP contribution >= 0.6 is 11.3 Å². The molecule has 0 saturated carbocycles. The molecule has 0 atom stereocenters. The van der Waals surface area contributed by atoms with Gasteiger partial charge in [-0.1, -0.05) is 24.3 Å². The topological polar surface area (TPSA) is 29.5 Å². The van der Waals surface area contributed by atoms with Crippen molar-refractivity contribution < 1.29 is 9.53 Å². The molecule has 20 heavy (non-hydrogen) atoms. The molecule has 0 unspecified atom stereocenters. The zero-order valence-electron chi connectivity index (χ0n) is 11.8. The van der Waals surface area contributed by atoms with Gasteiger partial charge in [-0.15, -0.1) is 11.3 Å². The van der Waals surface area contributed by atoms with Crippen molar-refractivity contribution in [3.63, 3.8) is 0 Å². The number of methoxy groups -OCH3 is 1. The second-order valence-electron chi connectivity index (χ2n) is 4.64. The zero-order chi connectivity index (χ0) is 14.4. The predicted molar refractivity (Wildman–Crippen MR) is 82.1 cm³/mol. The number of thiophene rings is 1. The molecule has 4 heteroatoms. The Morgan fingerprint density at radius 1 is 1.25 bits per heavy atom. The van der Waals surface area contributed by atoms with Crippen LogP contribution in [0.2, 0.25) is 0 Å². The lowest BCUT2D eigenvalue weighted by Crippen LogP contribution is -2.26. The van der Waals surface area contributed by atoms with Crippen LogP contribution in [0.15, 0.2) is 41.8 Å². The number of rotatable bonds is 6. The molecule has 1 aromatic heterocycles. The number of hydrogen-bond donors (Lipinski definition) is 0. The fourth-order valence-corrected chi connectivity index (χ4v) is 2.82. The maximum Gasteiger partial charge on any atom is 0.222 e. The van der Waals surface area contributed by atoms with E-state index in [1.165, 1.54) is 4.88 Å². The fourth-order valence-electron chi connectivity index (χ4n) is 2.07. The fraction of sp³-hybridized carbons (Fsp3) is 0.312. The van der Waals surface area contributed by atoms with E-state index >= 15 is 0 Å². The second-order valence-corrected chi connectivity index (χ2v) is 5.67. The van der Waals surface area contributed by atoms with Crippen molar-refractivity contribution >= 4 is 17.2 Å². The molecule has 0 radical (unpaired) electrons. The van der Waals surface area contributed by atoms with Crippen molar-refractivity contribution in [1.82, 2.24) is 4.90 Å². The van der Waals surface area contributed by atoms with Crippen LogP contribution in [-0.4, -0.2) is 25.0 Å². The quantitative estimate of drug-likeness (QED) is 0.816. The minimum atomic E-state index is 0.157. The third kappa shape index (κ3) is 3.84. The van der Waals surface area contributed by atoms with E-state index in [1.807, 2.05) is 42.8 Å². The highest BCUT2D eigenvalue weighted by molar-refractivity contribution is 7.09. The molecule has 3 nitrogen and oxygen atoms in total. The van der Waals surface area contributed by atoms with Crippen LogP contribution in [0, 0.1) is 0 Å². The van der Waals surface area contributed by atoms with Crippen molar-refractivity contribution in [2.75, 3.05) is 14.2 Å². The molecule has 1 amide bonds. The van der Waals surface area contributed by atoms with E-state index in [9.17, 15) is 4.79 Å². The minimum absolute atomic E-state index is 0.157. The SMILES string of the molecule is COc1ccccc1CCC(=O)N(C)Cc1cccs1. The molecule has 0 N–H and O–H groups in total. The summed E-state index contributed by atoms with van der Waals surface area (Å²) in [5.41, 5.74) is 1.08. The summed E-state index contributed by atoms with van der Waals surface area (Å²) in [5, 5.41) is 2.03. The Hall–Kier alpha value is -1.81. The molecule has 106 valence electrons. The number of amides is 1. The summed E-state index contributed by atoms with van der Waals surface area (Å²) in [4.78, 5) is 15.1.